The van der Waals surface area contributed by atoms with Gasteiger partial charge in [0.1, 0.15) is 0 Å². The van der Waals surface area contributed by atoms with Crippen molar-refractivity contribution in [2.24, 2.45) is 23.5 Å². The van der Waals surface area contributed by atoms with Crippen molar-refractivity contribution in [3.05, 3.63) is 0 Å². The molecule has 0 bridgehead atoms. The van der Waals surface area contributed by atoms with Gasteiger partial charge >= 0.3 is 0 Å². The highest BCUT2D eigenvalue weighted by Crippen LogP contribution is 2.46. The first-order valence-corrected chi connectivity index (χ1v) is 7.46. The van der Waals surface area contributed by atoms with Gasteiger partial charge in [-0.1, -0.05) is 39.5 Å². The predicted octanol–water partition coefficient (Wildman–Crippen LogP) is 4.11. The van der Waals surface area contributed by atoms with Crippen molar-refractivity contribution in [3.63, 3.8) is 0 Å². The molecule has 0 radical (unpaired) electrons. The first-order valence-electron chi connectivity index (χ1n) is 7.46. The Balaban J connectivity index is 1.95. The zero-order valence-electron chi connectivity index (χ0n) is 11.2. The number of nitrogens with two attached hydrogens (primary N) is 1. The van der Waals surface area contributed by atoms with E-state index in [1.54, 1.807) is 0 Å². The molecule has 4 unspecified atom stereocenters. The van der Waals surface area contributed by atoms with E-state index >= 15 is 0 Å². The molecule has 0 aromatic rings. The van der Waals surface area contributed by atoms with Crippen LogP contribution in [0.1, 0.15) is 71.6 Å². The van der Waals surface area contributed by atoms with Crippen LogP contribution in [0, 0.1) is 17.8 Å². The predicted molar refractivity (Wildman–Crippen MR) is 70.3 cm³/mol. The number of hydrogen-bond donors (Lipinski definition) is 1. The molecule has 2 saturated carbocycles. The third-order valence-electron chi connectivity index (χ3n) is 5.44. The lowest BCUT2D eigenvalue weighted by molar-refractivity contribution is 0.160. The van der Waals surface area contributed by atoms with Crippen molar-refractivity contribution in [3.8, 4) is 0 Å². The Kier molecular flexibility index (Phi) is 3.94. The molecule has 94 valence electrons. The van der Waals surface area contributed by atoms with E-state index in [4.69, 9.17) is 5.73 Å². The average Bonchev–Trinajstić information content (AvgIpc) is 2.73. The lowest BCUT2D eigenvalue weighted by Gasteiger charge is -2.40. The maximum atomic E-state index is 6.72. The summed E-state index contributed by atoms with van der Waals surface area (Å²) in [4.78, 5) is 0. The van der Waals surface area contributed by atoms with Gasteiger partial charge in [0, 0.05) is 5.54 Å². The average molecular weight is 223 g/mol. The van der Waals surface area contributed by atoms with Crippen LogP contribution >= 0.6 is 0 Å². The SMILES string of the molecule is CCC1CCCC(C2(N)CCC(CC)C2)C1. The van der Waals surface area contributed by atoms with Crippen molar-refractivity contribution in [1.82, 2.24) is 0 Å². The lowest BCUT2D eigenvalue weighted by Crippen LogP contribution is -2.46. The van der Waals surface area contributed by atoms with Gasteiger partial charge in [0.05, 0.1) is 0 Å². The zero-order chi connectivity index (χ0) is 11.6. The van der Waals surface area contributed by atoms with E-state index in [0.717, 1.165) is 17.8 Å². The fraction of sp³-hybridized carbons (Fsp3) is 1.00. The number of rotatable bonds is 3. The lowest BCUT2D eigenvalue weighted by atomic mass is 9.70. The summed E-state index contributed by atoms with van der Waals surface area (Å²) in [6.07, 6.45) is 12.4. The van der Waals surface area contributed by atoms with Crippen LogP contribution in [-0.4, -0.2) is 5.54 Å². The van der Waals surface area contributed by atoms with Gasteiger partial charge in [-0.25, -0.2) is 0 Å². The molecule has 0 saturated heterocycles. The fourth-order valence-corrected chi connectivity index (χ4v) is 4.12. The van der Waals surface area contributed by atoms with Gasteiger partial charge in [0.2, 0.25) is 0 Å². The van der Waals surface area contributed by atoms with Crippen LogP contribution in [0.2, 0.25) is 0 Å². The Morgan fingerprint density at radius 2 is 1.81 bits per heavy atom. The van der Waals surface area contributed by atoms with Crippen LogP contribution in [0.3, 0.4) is 0 Å². The molecule has 0 amide bonds. The minimum Gasteiger partial charge on any atom is -0.325 e. The van der Waals surface area contributed by atoms with Crippen molar-refractivity contribution >= 4 is 0 Å². The van der Waals surface area contributed by atoms with Crippen LogP contribution in [-0.2, 0) is 0 Å². The molecule has 0 spiro atoms. The second kappa shape index (κ2) is 5.08. The maximum absolute atomic E-state index is 6.72. The third-order valence-corrected chi connectivity index (χ3v) is 5.44. The molecule has 0 aromatic carbocycles. The normalized spacial score (nSPS) is 44.8. The van der Waals surface area contributed by atoms with E-state index in [-0.39, 0.29) is 5.54 Å². The van der Waals surface area contributed by atoms with Gasteiger partial charge < -0.3 is 5.73 Å². The quantitative estimate of drug-likeness (QED) is 0.765. The molecule has 0 aromatic heterocycles. The fourth-order valence-electron chi connectivity index (χ4n) is 4.12. The monoisotopic (exact) mass is 223 g/mol. The Morgan fingerprint density at radius 3 is 2.44 bits per heavy atom. The summed E-state index contributed by atoms with van der Waals surface area (Å²) in [7, 11) is 0. The Bertz CT molecular complexity index is 225. The molecule has 2 aliphatic rings. The molecule has 2 N–H and O–H groups in total. The molecule has 1 nitrogen and oxygen atoms in total. The molecule has 0 aliphatic heterocycles. The molecule has 2 fully saturated rings. The second-order valence-electron chi connectivity index (χ2n) is 6.39. The minimum absolute atomic E-state index is 0.217. The van der Waals surface area contributed by atoms with Crippen LogP contribution < -0.4 is 5.73 Å². The molecule has 16 heavy (non-hydrogen) atoms. The largest absolute Gasteiger partial charge is 0.325 e. The first kappa shape index (κ1) is 12.4. The van der Waals surface area contributed by atoms with Gasteiger partial charge in [0.15, 0.2) is 0 Å². The molecule has 1 heteroatoms. The summed E-state index contributed by atoms with van der Waals surface area (Å²) in [5, 5.41) is 0. The summed E-state index contributed by atoms with van der Waals surface area (Å²) in [6, 6.07) is 0. The van der Waals surface area contributed by atoms with Gasteiger partial charge in [-0.3, -0.25) is 0 Å². The molecule has 2 rings (SSSR count). The zero-order valence-corrected chi connectivity index (χ0v) is 11.2. The summed E-state index contributed by atoms with van der Waals surface area (Å²) >= 11 is 0. The van der Waals surface area contributed by atoms with E-state index in [1.807, 2.05) is 0 Å². The topological polar surface area (TPSA) is 26.0 Å². The summed E-state index contributed by atoms with van der Waals surface area (Å²) < 4.78 is 0. The van der Waals surface area contributed by atoms with Crippen molar-refractivity contribution in [2.45, 2.75) is 77.2 Å². The molecular formula is C15H29N. The molecule has 0 heterocycles. The van der Waals surface area contributed by atoms with Crippen molar-refractivity contribution < 1.29 is 0 Å². The van der Waals surface area contributed by atoms with E-state index in [2.05, 4.69) is 13.8 Å². The highest BCUT2D eigenvalue weighted by atomic mass is 14.8. The highest BCUT2D eigenvalue weighted by Gasteiger charge is 2.42. The highest BCUT2D eigenvalue weighted by molar-refractivity contribution is 4.99. The van der Waals surface area contributed by atoms with Crippen molar-refractivity contribution in [1.29, 1.82) is 0 Å². The van der Waals surface area contributed by atoms with E-state index < -0.39 is 0 Å². The van der Waals surface area contributed by atoms with Crippen LogP contribution in [0.15, 0.2) is 0 Å². The van der Waals surface area contributed by atoms with Gasteiger partial charge in [0.25, 0.3) is 0 Å². The van der Waals surface area contributed by atoms with Gasteiger partial charge in [-0.15, -0.1) is 0 Å². The van der Waals surface area contributed by atoms with Crippen LogP contribution in [0.4, 0.5) is 0 Å². The third kappa shape index (κ3) is 2.45. The van der Waals surface area contributed by atoms with Gasteiger partial charge in [-0.05, 0) is 49.9 Å². The molecular weight excluding hydrogens is 194 g/mol. The second-order valence-corrected chi connectivity index (χ2v) is 6.39. The van der Waals surface area contributed by atoms with Crippen molar-refractivity contribution in [2.75, 3.05) is 0 Å². The Hall–Kier alpha value is -0.0400. The smallest absolute Gasteiger partial charge is 0.0185 e. The van der Waals surface area contributed by atoms with Crippen LogP contribution in [0.25, 0.3) is 0 Å². The summed E-state index contributed by atoms with van der Waals surface area (Å²) in [6.45, 7) is 4.67. The molecule has 2 aliphatic carbocycles. The maximum Gasteiger partial charge on any atom is 0.0185 e. The minimum atomic E-state index is 0.217. The van der Waals surface area contributed by atoms with Crippen LogP contribution in [0.5, 0.6) is 0 Å². The molecule has 4 atom stereocenters. The van der Waals surface area contributed by atoms with E-state index in [1.165, 1.54) is 57.8 Å². The first-order chi connectivity index (χ1) is 7.68. The summed E-state index contributed by atoms with van der Waals surface area (Å²) in [5.74, 6) is 2.73. The van der Waals surface area contributed by atoms with E-state index in [9.17, 15) is 0 Å². The van der Waals surface area contributed by atoms with Gasteiger partial charge in [-0.2, -0.15) is 0 Å². The van der Waals surface area contributed by atoms with E-state index in [0.29, 0.717) is 0 Å². The Labute approximate surface area is 101 Å². The standard InChI is InChI=1S/C15H29N/c1-3-12-6-5-7-14(10-12)15(16)9-8-13(4-2)11-15/h12-14H,3-11,16H2,1-2H3. The number of hydrogen-bond acceptors (Lipinski definition) is 1. The summed E-state index contributed by atoms with van der Waals surface area (Å²) in [5.41, 5.74) is 6.93. The Morgan fingerprint density at radius 1 is 1.06 bits per heavy atom.